The first-order chi connectivity index (χ1) is 69.4. The van der Waals surface area contributed by atoms with E-state index in [-0.39, 0.29) is 0 Å². The fourth-order valence-electron chi connectivity index (χ4n) is 22.4. The number of benzene rings is 20. The van der Waals surface area contributed by atoms with Crippen molar-refractivity contribution in [3.63, 3.8) is 0 Å². The van der Waals surface area contributed by atoms with Crippen molar-refractivity contribution in [2.45, 2.75) is 0 Å². The van der Waals surface area contributed by atoms with Crippen LogP contribution in [-0.4, -0.2) is 29.1 Å². The second-order valence-electron chi connectivity index (χ2n) is 35.8. The molecule has 34 rings (SSSR count). The molecule has 140 heavy (non-hydrogen) atoms. The smallest absolute Gasteiger partial charge is 0.235 e. The summed E-state index contributed by atoms with van der Waals surface area (Å²) in [6.45, 7) is 0. The van der Waals surface area contributed by atoms with Crippen molar-refractivity contribution in [3.05, 3.63) is 400 Å². The predicted molar refractivity (Wildman–Crippen MR) is 598 cm³/mol. The minimum absolute atomic E-state index is 0.668. The van der Waals surface area contributed by atoms with Crippen LogP contribution in [0.4, 0.5) is 0 Å². The number of aromatic nitrogens is 6. The van der Waals surface area contributed by atoms with Gasteiger partial charge in [-0.15, -0.1) is 68.0 Å². The Morgan fingerprint density at radius 1 is 0.150 bits per heavy atom. The second-order valence-corrected chi connectivity index (χ2v) is 42.3. The fourth-order valence-corrected chi connectivity index (χ4v) is 29.1. The van der Waals surface area contributed by atoms with Crippen molar-refractivity contribution >= 4 is 342 Å². The van der Waals surface area contributed by atoms with Crippen LogP contribution in [0, 0.1) is 0 Å². The molecule has 0 atom stereocenters. The highest BCUT2D eigenvalue weighted by atomic mass is 32.1. The normalized spacial score (nSPS) is 12.3. The average molecular weight is 1900 g/mol. The van der Waals surface area contributed by atoms with Crippen LogP contribution in [-0.2, 0) is 0 Å². The van der Waals surface area contributed by atoms with E-state index in [2.05, 4.69) is 355 Å². The number of para-hydroxylation sites is 8. The van der Waals surface area contributed by atoms with Crippen molar-refractivity contribution in [2.75, 3.05) is 0 Å². The topological polar surface area (TPSA) is 114 Å². The summed E-state index contributed by atoms with van der Waals surface area (Å²) in [7, 11) is 0. The van der Waals surface area contributed by atoms with Crippen LogP contribution in [0.5, 0.6) is 0 Å². The summed E-state index contributed by atoms with van der Waals surface area (Å²) in [6.07, 6.45) is 0. The molecule has 0 aliphatic heterocycles. The first-order valence-corrected chi connectivity index (χ1v) is 51.5. The molecule has 34 aromatic rings. The van der Waals surface area contributed by atoms with Gasteiger partial charge in [0.2, 0.25) is 11.9 Å². The summed E-state index contributed by atoms with van der Waals surface area (Å²) in [5.74, 6) is 1.36. The van der Waals surface area contributed by atoms with E-state index in [9.17, 15) is 0 Å². The Hall–Kier alpha value is -16.8. The van der Waals surface area contributed by atoms with Gasteiger partial charge in [-0.2, -0.15) is 0 Å². The van der Waals surface area contributed by atoms with Crippen molar-refractivity contribution in [2.24, 2.45) is 0 Å². The lowest BCUT2D eigenvalue weighted by atomic mass is 10.0. The molecule has 20 aromatic carbocycles. The van der Waals surface area contributed by atoms with Gasteiger partial charge in [-0.05, 0) is 158 Å². The Morgan fingerprint density at radius 3 is 0.736 bits per heavy atom. The summed E-state index contributed by atoms with van der Waals surface area (Å²) in [5, 5.41) is 32.4. The number of furan rings is 4. The molecule has 0 N–H and O–H groups in total. The van der Waals surface area contributed by atoms with Crippen molar-refractivity contribution in [1.29, 1.82) is 0 Å². The third kappa shape index (κ3) is 11.6. The van der Waals surface area contributed by atoms with E-state index in [1.807, 2.05) is 123 Å². The molecule has 0 unspecified atom stereocenters. The zero-order valence-electron chi connectivity index (χ0n) is 73.9. The first kappa shape index (κ1) is 78.4. The monoisotopic (exact) mass is 1890 g/mol. The molecule has 652 valence electrons. The molecule has 0 aliphatic carbocycles. The van der Waals surface area contributed by atoms with E-state index in [0.29, 0.717) is 11.9 Å². The standard InChI is InChI=1S/C38H21N3OS.C38H21N3S2.C24H12O2S.C24H12OS2/c1-2-10-22(11-3-1)37-23-12-4-7-15-26(23)39-38(40-37)41-27-16-8-5-13-24(27)33-28(41)18-20-31-35(33)36-32(43-31)21-19-30-34(36)25-14-6-9-17-29(25)42-30;1-2-10-22(11-3-1)37-23-12-4-7-15-26(23)39-38(40-37)41-27-16-8-5-13-24(27)33-28(41)18-19-31-35(33)36-32(43-31)21-20-30-34(36)25-14-6-9-17-29(25)42-30;1-3-7-15-13(5-1)21-17(25-15)9-11-19-23(21)24-20(27-19)12-10-18-22(24)14-6-2-4-8-16(14)26-18;1-3-7-15-13(5-1)21-16(25-15)9-10-19-23(21)24-20(27-19)12-11-18-22(24)14-6-2-4-8-17(14)26-18/h2*1-21H;2*1-12H. The van der Waals surface area contributed by atoms with Crippen LogP contribution in [0.2, 0.25) is 0 Å². The number of hydrogen-bond acceptors (Lipinski definition) is 14. The largest absolute Gasteiger partial charge is 0.456 e. The minimum Gasteiger partial charge on any atom is -0.456 e. The van der Waals surface area contributed by atoms with Crippen molar-refractivity contribution in [3.8, 4) is 34.4 Å². The molecule has 0 bridgehead atoms. The van der Waals surface area contributed by atoms with Gasteiger partial charge in [0.25, 0.3) is 0 Å². The van der Waals surface area contributed by atoms with E-state index in [4.69, 9.17) is 37.6 Å². The summed E-state index contributed by atoms with van der Waals surface area (Å²) in [5.41, 5.74) is 17.8. The number of nitrogens with zero attached hydrogens (tertiary/aromatic N) is 6. The average Bonchev–Trinajstić information content (AvgIpc) is 1.52. The highest BCUT2D eigenvalue weighted by molar-refractivity contribution is 7.29. The van der Waals surface area contributed by atoms with Gasteiger partial charge in [-0.1, -0.05) is 243 Å². The second kappa shape index (κ2) is 30.3. The Kier molecular flexibility index (Phi) is 17.0. The molecule has 14 aromatic heterocycles. The number of hydrogen-bond donors (Lipinski definition) is 0. The predicted octanol–water partition coefficient (Wildman–Crippen LogP) is 38.0. The fraction of sp³-hybridized carbons (Fsp3) is 0. The van der Waals surface area contributed by atoms with E-state index in [1.165, 1.54) is 180 Å². The molecule has 0 amide bonds. The van der Waals surface area contributed by atoms with Crippen LogP contribution in [0.25, 0.3) is 309 Å². The maximum Gasteiger partial charge on any atom is 0.235 e. The molecule has 0 aliphatic rings. The van der Waals surface area contributed by atoms with Crippen LogP contribution in [0.15, 0.2) is 418 Å². The Bertz CT molecular complexity index is 10400. The van der Waals surface area contributed by atoms with Gasteiger partial charge in [-0.25, -0.2) is 19.9 Å². The molecule has 0 radical (unpaired) electrons. The first-order valence-electron chi connectivity index (χ1n) is 46.6. The summed E-state index contributed by atoms with van der Waals surface area (Å²) < 4.78 is 45.0. The Morgan fingerprint density at radius 2 is 0.393 bits per heavy atom. The zero-order valence-corrected chi connectivity index (χ0v) is 78.8. The summed E-state index contributed by atoms with van der Waals surface area (Å²) >= 11 is 11.2. The SMILES string of the molecule is c1ccc(-c2nc(-n3c4ccccc4c4c5c(ccc43)sc3ccc4oc6ccccc6c4c35)nc3ccccc23)cc1.c1ccc(-c2nc(-n3c4ccccc4c4c5c(ccc43)sc3ccc4sc6ccccc6c4c35)nc3ccccc23)cc1.c1ccc2c(c1)oc1ccc3sc4ccc5oc6ccccc6c5c4c3c12.c1ccc2c(c1)oc1ccc3sc4ccc5sc6ccccc6c5c4c3c12. The van der Waals surface area contributed by atoms with E-state index in [1.54, 1.807) is 0 Å². The highest BCUT2D eigenvalue weighted by Gasteiger charge is 2.29. The van der Waals surface area contributed by atoms with Gasteiger partial charge in [0.15, 0.2) is 0 Å². The lowest BCUT2D eigenvalue weighted by molar-refractivity contribution is 0.668. The third-order valence-corrected chi connectivity index (χ3v) is 34.9. The van der Waals surface area contributed by atoms with Gasteiger partial charge in [0, 0.05) is 208 Å². The molecule has 16 heteroatoms. The number of rotatable bonds is 4. The van der Waals surface area contributed by atoms with Crippen LogP contribution in [0.1, 0.15) is 0 Å². The third-order valence-electron chi connectivity index (χ3n) is 28.2. The van der Waals surface area contributed by atoms with E-state index in [0.717, 1.165) is 116 Å². The quantitative estimate of drug-likeness (QED) is 0.171. The van der Waals surface area contributed by atoms with E-state index < -0.39 is 0 Å². The molecular weight excluding hydrogens is 1830 g/mol. The molecule has 0 fully saturated rings. The van der Waals surface area contributed by atoms with Gasteiger partial charge in [0.05, 0.1) is 44.5 Å². The van der Waals surface area contributed by atoms with Crippen molar-refractivity contribution in [1.82, 2.24) is 29.1 Å². The number of thiophene rings is 6. The van der Waals surface area contributed by atoms with Crippen LogP contribution < -0.4 is 0 Å². The van der Waals surface area contributed by atoms with Crippen LogP contribution in [0.3, 0.4) is 0 Å². The minimum atomic E-state index is 0.668. The Labute approximate surface area is 816 Å². The van der Waals surface area contributed by atoms with Gasteiger partial charge in [0.1, 0.15) is 44.7 Å². The lowest BCUT2D eigenvalue weighted by Crippen LogP contribution is -2.03. The summed E-state index contributed by atoms with van der Waals surface area (Å²) in [4.78, 5) is 20.9. The van der Waals surface area contributed by atoms with Gasteiger partial charge >= 0.3 is 0 Å². The molecule has 0 saturated carbocycles. The maximum atomic E-state index is 6.33. The molecule has 0 saturated heterocycles. The highest BCUT2D eigenvalue weighted by Crippen LogP contribution is 2.55. The summed E-state index contributed by atoms with van der Waals surface area (Å²) in [6, 6.07) is 141. The van der Waals surface area contributed by atoms with Crippen LogP contribution >= 0.6 is 68.0 Å². The Balaban J connectivity index is 0.0000000880. The number of fused-ring (bicyclic) bond motifs is 46. The zero-order chi connectivity index (χ0) is 91.2. The van der Waals surface area contributed by atoms with E-state index >= 15 is 0 Å². The maximum absolute atomic E-state index is 6.33. The molecule has 14 heterocycles. The van der Waals surface area contributed by atoms with Gasteiger partial charge < -0.3 is 17.7 Å². The van der Waals surface area contributed by atoms with Crippen molar-refractivity contribution < 1.29 is 17.7 Å². The molecule has 0 spiro atoms. The van der Waals surface area contributed by atoms with Gasteiger partial charge in [-0.3, -0.25) is 9.13 Å². The molecule has 10 nitrogen and oxygen atoms in total. The molecular formula is C124H66N6O4S6. The lowest BCUT2D eigenvalue weighted by Gasteiger charge is -2.11.